The molecule has 0 spiro atoms. The number of aromatic carboxylic acids is 1. The Bertz CT molecular complexity index is 272. The van der Waals surface area contributed by atoms with Gasteiger partial charge in [0.1, 0.15) is 0 Å². The monoisotopic (exact) mass is 186 g/mol. The van der Waals surface area contributed by atoms with Gasteiger partial charge >= 0.3 is 5.97 Å². The molecule has 1 aromatic heterocycles. The molecule has 5 heteroatoms. The van der Waals surface area contributed by atoms with Gasteiger partial charge in [-0.2, -0.15) is 4.37 Å². The van der Waals surface area contributed by atoms with Crippen LogP contribution in [0.15, 0.2) is 6.20 Å². The molecule has 0 aliphatic carbocycles. The first-order valence-corrected chi connectivity index (χ1v) is 4.40. The van der Waals surface area contributed by atoms with Gasteiger partial charge in [-0.25, -0.2) is 4.79 Å². The molecule has 0 unspecified atom stereocenters. The predicted molar refractivity (Wildman–Crippen MR) is 46.5 cm³/mol. The van der Waals surface area contributed by atoms with Gasteiger partial charge in [-0.3, -0.25) is 0 Å². The summed E-state index contributed by atoms with van der Waals surface area (Å²) in [5.74, 6) is -0.906. The summed E-state index contributed by atoms with van der Waals surface area (Å²) >= 11 is 1.22. The highest BCUT2D eigenvalue weighted by atomic mass is 32.1. The fourth-order valence-electron chi connectivity index (χ4n) is 0.804. The lowest BCUT2D eigenvalue weighted by Gasteiger charge is -1.98. The summed E-state index contributed by atoms with van der Waals surface area (Å²) in [4.78, 5) is 11.4. The number of rotatable bonds is 4. The van der Waals surface area contributed by atoms with Crippen LogP contribution in [0, 0.1) is 0 Å². The number of carboxylic acid groups (broad SMARTS) is 1. The van der Waals surface area contributed by atoms with Gasteiger partial charge in [-0.05, 0) is 18.1 Å². The Morgan fingerprint density at radius 3 is 3.17 bits per heavy atom. The van der Waals surface area contributed by atoms with Crippen LogP contribution in [-0.4, -0.2) is 22.0 Å². The van der Waals surface area contributed by atoms with E-state index in [1.54, 1.807) is 0 Å². The van der Waals surface area contributed by atoms with Crippen molar-refractivity contribution in [2.24, 2.45) is 0 Å². The highest BCUT2D eigenvalue weighted by Crippen LogP contribution is 2.12. The molecular weight excluding hydrogens is 176 g/mol. The topological polar surface area (TPSA) is 62.2 Å². The number of nitrogens with zero attached hydrogens (tertiary/aromatic N) is 1. The van der Waals surface area contributed by atoms with Crippen LogP contribution >= 0.6 is 11.5 Å². The van der Waals surface area contributed by atoms with Gasteiger partial charge in [-0.15, -0.1) is 0 Å². The minimum Gasteiger partial charge on any atom is -0.478 e. The third-order valence-corrected chi connectivity index (χ3v) is 2.21. The zero-order valence-electron chi connectivity index (χ0n) is 6.70. The maximum Gasteiger partial charge on any atom is 0.338 e. The second-order valence-corrected chi connectivity index (χ2v) is 3.13. The third kappa shape index (κ3) is 2.02. The Labute approximate surface area is 74.4 Å². The van der Waals surface area contributed by atoms with E-state index in [0.29, 0.717) is 12.1 Å². The molecule has 4 nitrogen and oxygen atoms in total. The maximum absolute atomic E-state index is 10.6. The summed E-state index contributed by atoms with van der Waals surface area (Å²) in [7, 11) is 0. The molecule has 0 bridgehead atoms. The Morgan fingerprint density at radius 1 is 1.83 bits per heavy atom. The summed E-state index contributed by atoms with van der Waals surface area (Å²) < 4.78 is 3.82. The summed E-state index contributed by atoms with van der Waals surface area (Å²) in [5.41, 5.74) is 0.306. The SMILES string of the molecule is CCNCc1sncc1C(=O)O. The van der Waals surface area contributed by atoms with Crippen molar-refractivity contribution in [2.75, 3.05) is 6.54 Å². The van der Waals surface area contributed by atoms with Gasteiger partial charge in [0.25, 0.3) is 0 Å². The molecule has 0 aliphatic heterocycles. The minimum absolute atomic E-state index is 0.306. The van der Waals surface area contributed by atoms with E-state index in [0.717, 1.165) is 11.4 Å². The van der Waals surface area contributed by atoms with Crippen molar-refractivity contribution in [1.82, 2.24) is 9.69 Å². The summed E-state index contributed by atoms with van der Waals surface area (Å²) in [6.07, 6.45) is 1.39. The molecule has 0 aromatic carbocycles. The first-order valence-electron chi connectivity index (χ1n) is 3.63. The summed E-state index contributed by atoms with van der Waals surface area (Å²) in [5, 5.41) is 11.7. The van der Waals surface area contributed by atoms with E-state index < -0.39 is 5.97 Å². The van der Waals surface area contributed by atoms with Gasteiger partial charge in [0, 0.05) is 6.54 Å². The van der Waals surface area contributed by atoms with E-state index in [1.807, 2.05) is 6.92 Å². The zero-order chi connectivity index (χ0) is 8.97. The van der Waals surface area contributed by atoms with Gasteiger partial charge in [-0.1, -0.05) is 6.92 Å². The molecular formula is C7H10N2O2S. The van der Waals surface area contributed by atoms with Crippen LogP contribution in [-0.2, 0) is 6.54 Å². The maximum atomic E-state index is 10.6. The van der Waals surface area contributed by atoms with Crippen LogP contribution in [0.2, 0.25) is 0 Å². The van der Waals surface area contributed by atoms with Crippen LogP contribution in [0.5, 0.6) is 0 Å². The largest absolute Gasteiger partial charge is 0.478 e. The number of carboxylic acids is 1. The van der Waals surface area contributed by atoms with Crippen LogP contribution in [0.1, 0.15) is 22.2 Å². The smallest absolute Gasteiger partial charge is 0.338 e. The van der Waals surface area contributed by atoms with Gasteiger partial charge in [0.05, 0.1) is 16.6 Å². The normalized spacial score (nSPS) is 10.1. The van der Waals surface area contributed by atoms with Crippen LogP contribution in [0.25, 0.3) is 0 Å². The first kappa shape index (κ1) is 9.15. The lowest BCUT2D eigenvalue weighted by molar-refractivity contribution is 0.0696. The average molecular weight is 186 g/mol. The van der Waals surface area contributed by atoms with Crippen molar-refractivity contribution < 1.29 is 9.90 Å². The van der Waals surface area contributed by atoms with Crippen molar-refractivity contribution in [3.8, 4) is 0 Å². The quantitative estimate of drug-likeness (QED) is 0.735. The first-order chi connectivity index (χ1) is 5.75. The molecule has 0 aliphatic rings. The lowest BCUT2D eigenvalue weighted by atomic mass is 10.3. The standard InChI is InChI=1S/C7H10N2O2S/c1-2-8-4-6-5(7(10)11)3-9-12-6/h3,8H,2,4H2,1H3,(H,10,11). The van der Waals surface area contributed by atoms with Crippen molar-refractivity contribution in [1.29, 1.82) is 0 Å². The van der Waals surface area contributed by atoms with Crippen LogP contribution in [0.4, 0.5) is 0 Å². The fraction of sp³-hybridized carbons (Fsp3) is 0.429. The molecule has 0 atom stereocenters. The molecule has 0 fully saturated rings. The van der Waals surface area contributed by atoms with E-state index >= 15 is 0 Å². The molecule has 0 saturated carbocycles. The van der Waals surface area contributed by atoms with E-state index in [2.05, 4.69) is 9.69 Å². The Morgan fingerprint density at radius 2 is 2.58 bits per heavy atom. The summed E-state index contributed by atoms with van der Waals surface area (Å²) in [6, 6.07) is 0. The van der Waals surface area contributed by atoms with Crippen LogP contribution in [0.3, 0.4) is 0 Å². The lowest BCUT2D eigenvalue weighted by Crippen LogP contribution is -2.12. The van der Waals surface area contributed by atoms with Crippen molar-refractivity contribution in [3.05, 3.63) is 16.6 Å². The molecule has 0 amide bonds. The Hall–Kier alpha value is -0.940. The van der Waals surface area contributed by atoms with Crippen molar-refractivity contribution in [3.63, 3.8) is 0 Å². The number of aromatic nitrogens is 1. The fourth-order valence-corrected chi connectivity index (χ4v) is 1.49. The Kier molecular flexibility index (Phi) is 3.19. The number of carbonyl (C=O) groups is 1. The average Bonchev–Trinajstić information content (AvgIpc) is 2.48. The predicted octanol–water partition coefficient (Wildman–Crippen LogP) is 0.951. The van der Waals surface area contributed by atoms with E-state index in [-0.39, 0.29) is 0 Å². The highest BCUT2D eigenvalue weighted by Gasteiger charge is 2.11. The highest BCUT2D eigenvalue weighted by molar-refractivity contribution is 7.06. The number of hydrogen-bond acceptors (Lipinski definition) is 4. The van der Waals surface area contributed by atoms with Gasteiger partial charge in [0.15, 0.2) is 0 Å². The minimum atomic E-state index is -0.906. The molecule has 1 rings (SSSR count). The molecule has 0 saturated heterocycles. The second-order valence-electron chi connectivity index (χ2n) is 2.25. The number of nitrogens with one attached hydrogen (secondary N) is 1. The van der Waals surface area contributed by atoms with E-state index in [1.165, 1.54) is 17.7 Å². The third-order valence-electron chi connectivity index (χ3n) is 1.41. The molecule has 1 aromatic rings. The zero-order valence-corrected chi connectivity index (χ0v) is 7.52. The summed E-state index contributed by atoms with van der Waals surface area (Å²) in [6.45, 7) is 3.39. The van der Waals surface area contributed by atoms with E-state index in [4.69, 9.17) is 5.11 Å². The van der Waals surface area contributed by atoms with Gasteiger partial charge < -0.3 is 10.4 Å². The molecule has 12 heavy (non-hydrogen) atoms. The van der Waals surface area contributed by atoms with Gasteiger partial charge in [0.2, 0.25) is 0 Å². The number of hydrogen-bond donors (Lipinski definition) is 2. The molecule has 1 heterocycles. The van der Waals surface area contributed by atoms with Crippen LogP contribution < -0.4 is 5.32 Å². The Balaban J connectivity index is 2.70. The molecule has 2 N–H and O–H groups in total. The van der Waals surface area contributed by atoms with Crippen molar-refractivity contribution in [2.45, 2.75) is 13.5 Å². The molecule has 0 radical (unpaired) electrons. The molecule has 66 valence electrons. The van der Waals surface area contributed by atoms with E-state index in [9.17, 15) is 4.79 Å². The second kappa shape index (κ2) is 4.18. The van der Waals surface area contributed by atoms with Crippen molar-refractivity contribution >= 4 is 17.5 Å².